The largest absolute Gasteiger partial charge is 0.445 e. The maximum absolute atomic E-state index is 13.4. The molecular weight excluding hydrogens is 307 g/mol. The zero-order valence-electron chi connectivity index (χ0n) is 13.7. The predicted octanol–water partition coefficient (Wildman–Crippen LogP) is 3.42. The first-order valence-electron chi connectivity index (χ1n) is 8.08. The number of rotatable bonds is 3. The van der Waals surface area contributed by atoms with Gasteiger partial charge < -0.3 is 15.0 Å². The molecule has 1 unspecified atom stereocenters. The van der Waals surface area contributed by atoms with Crippen molar-refractivity contribution in [3.05, 3.63) is 71.0 Å². The molecule has 0 aliphatic carbocycles. The number of ether oxygens (including phenoxy) is 1. The zero-order valence-corrected chi connectivity index (χ0v) is 13.7. The van der Waals surface area contributed by atoms with Crippen LogP contribution >= 0.6 is 0 Å². The highest BCUT2D eigenvalue weighted by atomic mass is 19.1. The molecule has 0 spiro atoms. The van der Waals surface area contributed by atoms with E-state index in [1.807, 2.05) is 36.4 Å². The average Bonchev–Trinajstić information content (AvgIpc) is 2.63. The molecule has 126 valence electrons. The Kier molecular flexibility index (Phi) is 5.11. The van der Waals surface area contributed by atoms with Gasteiger partial charge in [-0.2, -0.15) is 0 Å². The molecule has 1 amide bonds. The van der Waals surface area contributed by atoms with Crippen LogP contribution in [-0.4, -0.2) is 30.6 Å². The number of amides is 1. The number of aryl methyl sites for hydroxylation is 1. The van der Waals surface area contributed by atoms with E-state index < -0.39 is 0 Å². The van der Waals surface area contributed by atoms with Gasteiger partial charge in [0.1, 0.15) is 12.4 Å². The summed E-state index contributed by atoms with van der Waals surface area (Å²) in [5, 5.41) is 3.37. The topological polar surface area (TPSA) is 41.6 Å². The summed E-state index contributed by atoms with van der Waals surface area (Å²) in [4.78, 5) is 14.0. The number of hydrogen-bond acceptors (Lipinski definition) is 3. The molecule has 1 atom stereocenters. The molecule has 0 aromatic heterocycles. The Labute approximate surface area is 141 Å². The van der Waals surface area contributed by atoms with E-state index in [-0.39, 0.29) is 24.6 Å². The van der Waals surface area contributed by atoms with Crippen LogP contribution in [0.3, 0.4) is 0 Å². The summed E-state index contributed by atoms with van der Waals surface area (Å²) in [6.45, 7) is 3.81. The molecule has 24 heavy (non-hydrogen) atoms. The summed E-state index contributed by atoms with van der Waals surface area (Å²) in [5.74, 6) is -0.214. The first kappa shape index (κ1) is 16.5. The molecule has 1 saturated heterocycles. The van der Waals surface area contributed by atoms with Crippen molar-refractivity contribution < 1.29 is 13.9 Å². The number of halogens is 1. The maximum Gasteiger partial charge on any atom is 0.410 e. The summed E-state index contributed by atoms with van der Waals surface area (Å²) in [6.07, 6.45) is -0.316. The molecule has 1 heterocycles. The highest BCUT2D eigenvalue weighted by molar-refractivity contribution is 5.68. The quantitative estimate of drug-likeness (QED) is 0.939. The van der Waals surface area contributed by atoms with E-state index in [2.05, 4.69) is 5.32 Å². The highest BCUT2D eigenvalue weighted by Gasteiger charge is 2.25. The van der Waals surface area contributed by atoms with Gasteiger partial charge in [-0.15, -0.1) is 0 Å². The van der Waals surface area contributed by atoms with Crippen LogP contribution in [0, 0.1) is 12.7 Å². The summed E-state index contributed by atoms with van der Waals surface area (Å²) in [6, 6.07) is 14.7. The van der Waals surface area contributed by atoms with Crippen LogP contribution in [0.5, 0.6) is 0 Å². The van der Waals surface area contributed by atoms with Crippen molar-refractivity contribution in [3.63, 3.8) is 0 Å². The molecule has 0 radical (unpaired) electrons. The lowest BCUT2D eigenvalue weighted by Crippen LogP contribution is -2.48. The molecule has 4 nitrogen and oxygen atoms in total. The lowest BCUT2D eigenvalue weighted by atomic mass is 10.0. The van der Waals surface area contributed by atoms with Gasteiger partial charge in [-0.3, -0.25) is 0 Å². The van der Waals surface area contributed by atoms with Gasteiger partial charge in [-0.25, -0.2) is 9.18 Å². The fourth-order valence-electron chi connectivity index (χ4n) is 2.83. The van der Waals surface area contributed by atoms with E-state index in [0.29, 0.717) is 25.2 Å². The molecule has 3 rings (SSSR count). The summed E-state index contributed by atoms with van der Waals surface area (Å²) >= 11 is 0. The summed E-state index contributed by atoms with van der Waals surface area (Å²) in [5.41, 5.74) is 2.55. The second-order valence-electron chi connectivity index (χ2n) is 6.00. The lowest BCUT2D eigenvalue weighted by molar-refractivity contribution is 0.0849. The minimum absolute atomic E-state index is 0.0117. The number of carbonyl (C=O) groups is 1. The smallest absolute Gasteiger partial charge is 0.410 e. The van der Waals surface area contributed by atoms with Gasteiger partial charge in [0.2, 0.25) is 0 Å². The van der Waals surface area contributed by atoms with Crippen LogP contribution in [0.2, 0.25) is 0 Å². The van der Waals surface area contributed by atoms with Crippen molar-refractivity contribution in [2.24, 2.45) is 0 Å². The Bertz CT molecular complexity index is 706. The first-order chi connectivity index (χ1) is 11.6. The predicted molar refractivity (Wildman–Crippen MR) is 90.1 cm³/mol. The minimum atomic E-state index is -0.316. The van der Waals surface area contributed by atoms with Crippen LogP contribution in [0.25, 0.3) is 0 Å². The van der Waals surface area contributed by atoms with Crippen LogP contribution in [-0.2, 0) is 11.3 Å². The number of piperazine rings is 1. The standard InChI is InChI=1S/C19H21FN2O2/c1-14-11-16(7-8-17(14)20)18-12-22(10-9-21-18)19(23)24-13-15-5-3-2-4-6-15/h2-8,11,18,21H,9-10,12-13H2,1H3. The second kappa shape index (κ2) is 7.45. The van der Waals surface area contributed by atoms with Crippen molar-refractivity contribution in [2.45, 2.75) is 19.6 Å². The number of carbonyl (C=O) groups excluding carboxylic acids is 1. The Morgan fingerprint density at radius 3 is 2.83 bits per heavy atom. The monoisotopic (exact) mass is 328 g/mol. The summed E-state index contributed by atoms with van der Waals surface area (Å²) < 4.78 is 18.8. The van der Waals surface area contributed by atoms with E-state index in [0.717, 1.165) is 11.1 Å². The Morgan fingerprint density at radius 1 is 1.29 bits per heavy atom. The Morgan fingerprint density at radius 2 is 2.08 bits per heavy atom. The molecule has 1 fully saturated rings. The molecule has 5 heteroatoms. The van der Waals surface area contributed by atoms with Crippen LogP contribution in [0.4, 0.5) is 9.18 Å². The average molecular weight is 328 g/mol. The molecule has 0 saturated carbocycles. The van der Waals surface area contributed by atoms with Gasteiger partial charge in [0.05, 0.1) is 6.04 Å². The van der Waals surface area contributed by atoms with Crippen LogP contribution in [0.1, 0.15) is 22.7 Å². The van der Waals surface area contributed by atoms with E-state index in [1.165, 1.54) is 6.07 Å². The van der Waals surface area contributed by atoms with Crippen molar-refractivity contribution in [2.75, 3.05) is 19.6 Å². The number of hydrogen-bond donors (Lipinski definition) is 1. The number of nitrogens with zero attached hydrogens (tertiary/aromatic N) is 1. The number of benzene rings is 2. The SMILES string of the molecule is Cc1cc(C2CN(C(=O)OCc3ccccc3)CCN2)ccc1F. The molecule has 2 aromatic carbocycles. The Balaban J connectivity index is 1.60. The third-order valence-corrected chi connectivity index (χ3v) is 4.22. The van der Waals surface area contributed by atoms with E-state index in [4.69, 9.17) is 4.74 Å². The maximum atomic E-state index is 13.4. The van der Waals surface area contributed by atoms with Crippen molar-refractivity contribution in [1.29, 1.82) is 0 Å². The molecule has 1 aliphatic heterocycles. The molecule has 1 aliphatic rings. The third kappa shape index (κ3) is 3.92. The van der Waals surface area contributed by atoms with Gasteiger partial charge in [0.15, 0.2) is 0 Å². The Hall–Kier alpha value is -2.40. The highest BCUT2D eigenvalue weighted by Crippen LogP contribution is 2.20. The van der Waals surface area contributed by atoms with E-state index in [9.17, 15) is 9.18 Å². The normalized spacial score (nSPS) is 17.6. The van der Waals surface area contributed by atoms with Gasteiger partial charge in [-0.05, 0) is 29.7 Å². The molecule has 1 N–H and O–H groups in total. The van der Waals surface area contributed by atoms with Crippen molar-refractivity contribution in [1.82, 2.24) is 10.2 Å². The van der Waals surface area contributed by atoms with Crippen LogP contribution in [0.15, 0.2) is 48.5 Å². The molecular formula is C19H21FN2O2. The van der Waals surface area contributed by atoms with E-state index >= 15 is 0 Å². The fraction of sp³-hybridized carbons (Fsp3) is 0.316. The third-order valence-electron chi connectivity index (χ3n) is 4.22. The second-order valence-corrected chi connectivity index (χ2v) is 6.00. The van der Waals surface area contributed by atoms with Crippen molar-refractivity contribution in [3.8, 4) is 0 Å². The van der Waals surface area contributed by atoms with Gasteiger partial charge >= 0.3 is 6.09 Å². The van der Waals surface area contributed by atoms with Gasteiger partial charge in [0.25, 0.3) is 0 Å². The van der Waals surface area contributed by atoms with E-state index in [1.54, 1.807) is 17.9 Å². The molecule has 2 aromatic rings. The minimum Gasteiger partial charge on any atom is -0.445 e. The molecule has 0 bridgehead atoms. The van der Waals surface area contributed by atoms with Crippen molar-refractivity contribution >= 4 is 6.09 Å². The van der Waals surface area contributed by atoms with Crippen LogP contribution < -0.4 is 5.32 Å². The fourth-order valence-corrected chi connectivity index (χ4v) is 2.83. The summed E-state index contributed by atoms with van der Waals surface area (Å²) in [7, 11) is 0. The lowest BCUT2D eigenvalue weighted by Gasteiger charge is -2.33. The van der Waals surface area contributed by atoms with Gasteiger partial charge in [0, 0.05) is 19.6 Å². The first-order valence-corrected chi connectivity index (χ1v) is 8.08. The van der Waals surface area contributed by atoms with Gasteiger partial charge in [-0.1, -0.05) is 42.5 Å². The number of nitrogens with one attached hydrogen (secondary N) is 1. The zero-order chi connectivity index (χ0) is 16.9.